The second-order valence-corrected chi connectivity index (χ2v) is 5.55. The first-order valence-corrected chi connectivity index (χ1v) is 6.81. The maximum Gasteiger partial charge on any atom is 0.0925 e. The molecule has 0 aromatic carbocycles. The van der Waals surface area contributed by atoms with Gasteiger partial charge in [-0.25, -0.2) is 4.98 Å². The molecule has 0 bridgehead atoms. The molecule has 0 radical (unpaired) electrons. The van der Waals surface area contributed by atoms with Crippen molar-refractivity contribution in [3.8, 4) is 0 Å². The number of thiazole rings is 1. The molecule has 1 unspecified atom stereocenters. The number of nitrogens with one attached hydrogen (secondary N) is 1. The second-order valence-electron chi connectivity index (χ2n) is 4.35. The van der Waals surface area contributed by atoms with Gasteiger partial charge in [-0.2, -0.15) is 0 Å². The van der Waals surface area contributed by atoms with Gasteiger partial charge in [-0.1, -0.05) is 6.92 Å². The minimum Gasteiger partial charge on any atom is -0.383 e. The standard InChI is InChI=1S/C12H20N2OS/c1-3-12-14-7-10(16-12)6-13-11(8-15-2)9-4-5-9/h7,9,11,13H,3-6,8H2,1-2H3. The average molecular weight is 240 g/mol. The van der Waals surface area contributed by atoms with Crippen molar-refractivity contribution in [2.45, 2.75) is 38.8 Å². The highest BCUT2D eigenvalue weighted by Gasteiger charge is 2.30. The summed E-state index contributed by atoms with van der Waals surface area (Å²) in [5.74, 6) is 0.832. The Labute approximate surface area is 101 Å². The molecule has 0 spiro atoms. The number of ether oxygens (including phenoxy) is 1. The number of methoxy groups -OCH3 is 1. The monoisotopic (exact) mass is 240 g/mol. The number of aryl methyl sites for hydroxylation is 1. The van der Waals surface area contributed by atoms with Crippen molar-refractivity contribution in [1.29, 1.82) is 0 Å². The normalized spacial score (nSPS) is 17.6. The van der Waals surface area contributed by atoms with Crippen LogP contribution in [0.4, 0.5) is 0 Å². The van der Waals surface area contributed by atoms with Gasteiger partial charge in [0.15, 0.2) is 0 Å². The fourth-order valence-corrected chi connectivity index (χ4v) is 2.68. The topological polar surface area (TPSA) is 34.2 Å². The lowest BCUT2D eigenvalue weighted by atomic mass is 10.2. The zero-order valence-electron chi connectivity index (χ0n) is 10.0. The molecule has 0 saturated heterocycles. The van der Waals surface area contributed by atoms with Crippen LogP contribution < -0.4 is 5.32 Å². The first-order valence-electron chi connectivity index (χ1n) is 5.99. The summed E-state index contributed by atoms with van der Waals surface area (Å²) in [5, 5.41) is 4.81. The van der Waals surface area contributed by atoms with Gasteiger partial charge in [0, 0.05) is 30.8 Å². The van der Waals surface area contributed by atoms with Crippen LogP contribution in [0, 0.1) is 5.92 Å². The van der Waals surface area contributed by atoms with Gasteiger partial charge in [0.05, 0.1) is 11.6 Å². The van der Waals surface area contributed by atoms with Crippen LogP contribution in [-0.2, 0) is 17.7 Å². The lowest BCUT2D eigenvalue weighted by Gasteiger charge is -2.16. The van der Waals surface area contributed by atoms with Gasteiger partial charge in [0.25, 0.3) is 0 Å². The summed E-state index contributed by atoms with van der Waals surface area (Å²) in [6.45, 7) is 3.90. The van der Waals surface area contributed by atoms with Gasteiger partial charge < -0.3 is 10.1 Å². The molecule has 4 heteroatoms. The highest BCUT2D eigenvalue weighted by molar-refractivity contribution is 7.11. The molecule has 3 nitrogen and oxygen atoms in total. The zero-order chi connectivity index (χ0) is 11.4. The smallest absolute Gasteiger partial charge is 0.0925 e. The summed E-state index contributed by atoms with van der Waals surface area (Å²) in [5.41, 5.74) is 0. The Morgan fingerprint density at radius 2 is 2.44 bits per heavy atom. The van der Waals surface area contributed by atoms with E-state index in [0.29, 0.717) is 6.04 Å². The Balaban J connectivity index is 1.80. The van der Waals surface area contributed by atoms with Crippen molar-refractivity contribution >= 4 is 11.3 Å². The van der Waals surface area contributed by atoms with Crippen LogP contribution in [0.2, 0.25) is 0 Å². The van der Waals surface area contributed by atoms with E-state index in [1.807, 2.05) is 17.5 Å². The summed E-state index contributed by atoms with van der Waals surface area (Å²) in [6, 6.07) is 0.525. The van der Waals surface area contributed by atoms with Crippen LogP contribution in [0.15, 0.2) is 6.20 Å². The van der Waals surface area contributed by atoms with E-state index in [0.717, 1.165) is 25.5 Å². The van der Waals surface area contributed by atoms with Gasteiger partial charge in [-0.05, 0) is 25.2 Å². The third-order valence-corrected chi connectivity index (χ3v) is 4.12. The maximum absolute atomic E-state index is 5.25. The molecular weight excluding hydrogens is 220 g/mol. The number of rotatable bonds is 7. The lowest BCUT2D eigenvalue weighted by Crippen LogP contribution is -2.34. The Hall–Kier alpha value is -0.450. The molecule has 1 aliphatic rings. The highest BCUT2D eigenvalue weighted by Crippen LogP contribution is 2.32. The van der Waals surface area contributed by atoms with Crippen LogP contribution in [-0.4, -0.2) is 24.7 Å². The van der Waals surface area contributed by atoms with E-state index in [2.05, 4.69) is 17.2 Å². The number of nitrogens with zero attached hydrogens (tertiary/aromatic N) is 1. The van der Waals surface area contributed by atoms with E-state index in [1.54, 1.807) is 7.11 Å². The third-order valence-electron chi connectivity index (χ3n) is 2.98. The fourth-order valence-electron chi connectivity index (χ4n) is 1.86. The predicted molar refractivity (Wildman–Crippen MR) is 66.7 cm³/mol. The zero-order valence-corrected chi connectivity index (χ0v) is 10.8. The summed E-state index contributed by atoms with van der Waals surface area (Å²) < 4.78 is 5.25. The van der Waals surface area contributed by atoms with Crippen molar-refractivity contribution in [3.05, 3.63) is 16.1 Å². The molecule has 1 aromatic heterocycles. The predicted octanol–water partition coefficient (Wildman–Crippen LogP) is 2.22. The Kier molecular flexibility index (Phi) is 4.32. The van der Waals surface area contributed by atoms with Gasteiger partial charge >= 0.3 is 0 Å². The lowest BCUT2D eigenvalue weighted by molar-refractivity contribution is 0.157. The fraction of sp³-hybridized carbons (Fsp3) is 0.750. The van der Waals surface area contributed by atoms with Crippen molar-refractivity contribution < 1.29 is 4.74 Å². The van der Waals surface area contributed by atoms with Crippen molar-refractivity contribution in [2.24, 2.45) is 5.92 Å². The van der Waals surface area contributed by atoms with E-state index in [1.165, 1.54) is 22.7 Å². The van der Waals surface area contributed by atoms with Crippen LogP contribution >= 0.6 is 11.3 Å². The SMILES string of the molecule is CCc1ncc(CNC(COC)C2CC2)s1. The molecule has 1 atom stereocenters. The third kappa shape index (κ3) is 3.27. The molecule has 1 fully saturated rings. The van der Waals surface area contributed by atoms with Crippen molar-refractivity contribution in [1.82, 2.24) is 10.3 Å². The molecule has 1 saturated carbocycles. The first-order chi connectivity index (χ1) is 7.83. The molecule has 0 aliphatic heterocycles. The minimum absolute atomic E-state index is 0.525. The molecule has 1 aromatic rings. The van der Waals surface area contributed by atoms with Gasteiger partial charge in [-0.15, -0.1) is 11.3 Å². The van der Waals surface area contributed by atoms with Gasteiger partial charge in [-0.3, -0.25) is 0 Å². The summed E-state index contributed by atoms with van der Waals surface area (Å²) >= 11 is 1.81. The van der Waals surface area contributed by atoms with Crippen LogP contribution in [0.1, 0.15) is 29.7 Å². The molecule has 90 valence electrons. The van der Waals surface area contributed by atoms with Crippen LogP contribution in [0.3, 0.4) is 0 Å². The van der Waals surface area contributed by atoms with Gasteiger partial charge in [0.1, 0.15) is 0 Å². The summed E-state index contributed by atoms with van der Waals surface area (Å²) in [6.07, 6.45) is 5.73. The average Bonchev–Trinajstić information content (AvgIpc) is 3.03. The molecule has 16 heavy (non-hydrogen) atoms. The summed E-state index contributed by atoms with van der Waals surface area (Å²) in [7, 11) is 1.78. The largest absolute Gasteiger partial charge is 0.383 e. The molecular formula is C12H20N2OS. The van der Waals surface area contributed by atoms with E-state index >= 15 is 0 Å². The summed E-state index contributed by atoms with van der Waals surface area (Å²) in [4.78, 5) is 5.70. The number of hydrogen-bond donors (Lipinski definition) is 1. The van der Waals surface area contributed by atoms with E-state index in [4.69, 9.17) is 4.74 Å². The van der Waals surface area contributed by atoms with Crippen LogP contribution in [0.25, 0.3) is 0 Å². The molecule has 1 aliphatic carbocycles. The Bertz CT molecular complexity index is 323. The number of aromatic nitrogens is 1. The highest BCUT2D eigenvalue weighted by atomic mass is 32.1. The quantitative estimate of drug-likeness (QED) is 0.793. The molecule has 1 heterocycles. The Morgan fingerprint density at radius 1 is 1.62 bits per heavy atom. The number of hydrogen-bond acceptors (Lipinski definition) is 4. The van der Waals surface area contributed by atoms with E-state index in [9.17, 15) is 0 Å². The van der Waals surface area contributed by atoms with Crippen LogP contribution in [0.5, 0.6) is 0 Å². The first kappa shape index (κ1) is 12.0. The van der Waals surface area contributed by atoms with E-state index in [-0.39, 0.29) is 0 Å². The molecule has 0 amide bonds. The maximum atomic E-state index is 5.25. The van der Waals surface area contributed by atoms with Gasteiger partial charge in [0.2, 0.25) is 0 Å². The van der Waals surface area contributed by atoms with Crippen molar-refractivity contribution in [3.63, 3.8) is 0 Å². The Morgan fingerprint density at radius 3 is 3.00 bits per heavy atom. The molecule has 1 N–H and O–H groups in total. The second kappa shape index (κ2) is 5.75. The van der Waals surface area contributed by atoms with Crippen molar-refractivity contribution in [2.75, 3.05) is 13.7 Å². The minimum atomic E-state index is 0.525. The van der Waals surface area contributed by atoms with E-state index < -0.39 is 0 Å². The molecule has 2 rings (SSSR count).